The molecule has 0 amide bonds. The first kappa shape index (κ1) is 19.4. The van der Waals surface area contributed by atoms with E-state index in [1.807, 2.05) is 0 Å². The highest BCUT2D eigenvalue weighted by molar-refractivity contribution is 7.86. The summed E-state index contributed by atoms with van der Waals surface area (Å²) in [6.45, 7) is 0.0970. The molecule has 0 saturated heterocycles. The van der Waals surface area contributed by atoms with Crippen LogP contribution in [0.15, 0.2) is 41.3 Å². The smallest absolute Gasteiger partial charge is 0.416 e. The van der Waals surface area contributed by atoms with Crippen molar-refractivity contribution in [2.45, 2.75) is 41.5 Å². The van der Waals surface area contributed by atoms with Crippen LogP contribution in [-0.4, -0.2) is 10.8 Å². The van der Waals surface area contributed by atoms with Crippen LogP contribution < -0.4 is 4.74 Å². The molecular formula is C20H17F5O2S. The molecule has 1 aliphatic heterocycles. The Balaban J connectivity index is 1.86. The highest BCUT2D eigenvalue weighted by Crippen LogP contribution is 2.55. The van der Waals surface area contributed by atoms with Gasteiger partial charge in [-0.3, -0.25) is 4.21 Å². The lowest BCUT2D eigenvalue weighted by atomic mass is 9.73. The van der Waals surface area contributed by atoms with Gasteiger partial charge in [-0.05, 0) is 49.2 Å². The van der Waals surface area contributed by atoms with Crippen molar-refractivity contribution in [2.24, 2.45) is 5.92 Å². The number of fused-ring (bicyclic) bond motifs is 3. The van der Waals surface area contributed by atoms with E-state index in [9.17, 15) is 26.2 Å². The summed E-state index contributed by atoms with van der Waals surface area (Å²) in [7, 11) is -1.88. The minimum atomic E-state index is -4.51. The van der Waals surface area contributed by atoms with Gasteiger partial charge in [0.1, 0.15) is 5.82 Å². The summed E-state index contributed by atoms with van der Waals surface area (Å²) in [4.78, 5) is 0.163. The van der Waals surface area contributed by atoms with E-state index >= 15 is 0 Å². The molecule has 2 unspecified atom stereocenters. The average molecular weight is 416 g/mol. The van der Waals surface area contributed by atoms with Crippen molar-refractivity contribution >= 4 is 10.8 Å². The maximum Gasteiger partial charge on any atom is 0.416 e. The molecule has 3 atom stereocenters. The van der Waals surface area contributed by atoms with E-state index in [0.29, 0.717) is 19.3 Å². The first-order valence-electron chi connectivity index (χ1n) is 8.95. The molecule has 2 aromatic carbocycles. The second-order valence-corrected chi connectivity index (χ2v) is 8.90. The number of benzene rings is 2. The molecular weight excluding hydrogens is 399 g/mol. The van der Waals surface area contributed by atoms with Crippen LogP contribution in [0.2, 0.25) is 0 Å². The normalized spacial score (nSPS) is 25.4. The van der Waals surface area contributed by atoms with E-state index in [-0.39, 0.29) is 28.7 Å². The standard InChI is InChI=1S/C20H17F5O2S/c21-15-8-9-16(22)18-17(15)19(10-2-1-3-13(19)11-27-18)28(26)14-6-4-12(5-7-14)20(23,24)25/h4-9,13H,1-3,10-11H2/t13?,19-,28?/m0/s1. The Labute approximate surface area is 161 Å². The van der Waals surface area contributed by atoms with E-state index < -0.39 is 38.9 Å². The van der Waals surface area contributed by atoms with Crippen molar-refractivity contribution < 1.29 is 30.9 Å². The molecule has 2 aliphatic rings. The van der Waals surface area contributed by atoms with Gasteiger partial charge < -0.3 is 4.74 Å². The van der Waals surface area contributed by atoms with Crippen molar-refractivity contribution in [1.29, 1.82) is 0 Å². The topological polar surface area (TPSA) is 26.3 Å². The summed E-state index contributed by atoms with van der Waals surface area (Å²) >= 11 is 0. The summed E-state index contributed by atoms with van der Waals surface area (Å²) in [6.07, 6.45) is -2.03. The second-order valence-electron chi connectivity index (χ2n) is 7.17. The number of alkyl halides is 3. The van der Waals surface area contributed by atoms with E-state index in [2.05, 4.69) is 0 Å². The summed E-state index contributed by atoms with van der Waals surface area (Å²) in [5.41, 5.74) is -0.905. The lowest BCUT2D eigenvalue weighted by Crippen LogP contribution is -2.48. The molecule has 0 aromatic heterocycles. The Morgan fingerprint density at radius 2 is 1.68 bits per heavy atom. The first-order valence-corrected chi connectivity index (χ1v) is 10.1. The van der Waals surface area contributed by atoms with E-state index in [4.69, 9.17) is 4.74 Å². The fourth-order valence-corrected chi connectivity index (χ4v) is 6.33. The molecule has 8 heteroatoms. The number of ether oxygens (including phenoxy) is 1. The largest absolute Gasteiger partial charge is 0.490 e. The molecule has 2 aromatic rings. The van der Waals surface area contributed by atoms with Crippen LogP contribution in [0, 0.1) is 17.6 Å². The maximum atomic E-state index is 14.8. The number of hydrogen-bond acceptors (Lipinski definition) is 2. The van der Waals surface area contributed by atoms with Crippen LogP contribution >= 0.6 is 0 Å². The zero-order valence-corrected chi connectivity index (χ0v) is 15.5. The zero-order chi connectivity index (χ0) is 20.1. The fourth-order valence-electron chi connectivity index (χ4n) is 4.33. The third-order valence-corrected chi connectivity index (χ3v) is 7.75. The second kappa shape index (κ2) is 6.83. The monoisotopic (exact) mass is 416 g/mol. The van der Waals surface area contributed by atoms with Gasteiger partial charge in [0.25, 0.3) is 0 Å². The van der Waals surface area contributed by atoms with Gasteiger partial charge >= 0.3 is 6.18 Å². The molecule has 1 heterocycles. The first-order chi connectivity index (χ1) is 13.2. The summed E-state index contributed by atoms with van der Waals surface area (Å²) in [6, 6.07) is 6.00. The highest BCUT2D eigenvalue weighted by atomic mass is 32.2. The highest BCUT2D eigenvalue weighted by Gasteiger charge is 2.54. The lowest BCUT2D eigenvalue weighted by molar-refractivity contribution is -0.137. The number of halogens is 5. The molecule has 0 radical (unpaired) electrons. The summed E-state index contributed by atoms with van der Waals surface area (Å²) in [5.74, 6) is -1.99. The average Bonchev–Trinajstić information content (AvgIpc) is 2.69. The van der Waals surface area contributed by atoms with E-state index in [0.717, 1.165) is 42.8 Å². The third kappa shape index (κ3) is 2.93. The van der Waals surface area contributed by atoms with Crippen molar-refractivity contribution in [3.63, 3.8) is 0 Å². The van der Waals surface area contributed by atoms with Gasteiger partial charge in [0.05, 0.1) is 33.3 Å². The quantitative estimate of drug-likeness (QED) is 0.599. The Morgan fingerprint density at radius 3 is 2.36 bits per heavy atom. The van der Waals surface area contributed by atoms with Crippen molar-refractivity contribution in [1.82, 2.24) is 0 Å². The van der Waals surface area contributed by atoms with Crippen molar-refractivity contribution in [2.75, 3.05) is 6.61 Å². The molecule has 4 rings (SSSR count). The SMILES string of the molecule is O=S(c1ccc(C(F)(F)F)cc1)[C@@]12CCCCC1COc1c(F)ccc(F)c12. The number of hydrogen-bond donors (Lipinski definition) is 0. The Bertz CT molecular complexity index is 925. The zero-order valence-electron chi connectivity index (χ0n) is 14.7. The molecule has 0 N–H and O–H groups in total. The molecule has 28 heavy (non-hydrogen) atoms. The van der Waals surface area contributed by atoms with Gasteiger partial charge in [0.2, 0.25) is 0 Å². The lowest BCUT2D eigenvalue weighted by Gasteiger charge is -2.47. The van der Waals surface area contributed by atoms with Crippen LogP contribution in [0.5, 0.6) is 5.75 Å². The van der Waals surface area contributed by atoms with Gasteiger partial charge in [-0.2, -0.15) is 13.2 Å². The predicted molar refractivity (Wildman–Crippen MR) is 93.3 cm³/mol. The minimum absolute atomic E-state index is 0.0540. The van der Waals surface area contributed by atoms with Crippen LogP contribution in [0.4, 0.5) is 22.0 Å². The van der Waals surface area contributed by atoms with Crippen LogP contribution in [0.3, 0.4) is 0 Å². The third-order valence-electron chi connectivity index (χ3n) is 5.65. The van der Waals surface area contributed by atoms with Crippen molar-refractivity contribution in [3.05, 3.63) is 59.2 Å². The van der Waals surface area contributed by atoms with Crippen molar-refractivity contribution in [3.8, 4) is 5.75 Å². The van der Waals surface area contributed by atoms with Crippen LogP contribution in [0.25, 0.3) is 0 Å². The van der Waals surface area contributed by atoms with Gasteiger partial charge in [-0.15, -0.1) is 0 Å². The molecule has 1 saturated carbocycles. The molecule has 1 aliphatic carbocycles. The minimum Gasteiger partial charge on any atom is -0.490 e. The Hall–Kier alpha value is -1.96. The van der Waals surface area contributed by atoms with E-state index in [1.165, 1.54) is 0 Å². The fraction of sp³-hybridized carbons (Fsp3) is 0.400. The van der Waals surface area contributed by atoms with Gasteiger partial charge in [0, 0.05) is 10.8 Å². The molecule has 150 valence electrons. The molecule has 2 nitrogen and oxygen atoms in total. The van der Waals surface area contributed by atoms with E-state index in [1.54, 1.807) is 0 Å². The summed E-state index contributed by atoms with van der Waals surface area (Å²) in [5, 5.41) is 0. The Kier molecular flexibility index (Phi) is 4.72. The molecule has 0 bridgehead atoms. The molecule has 1 fully saturated rings. The van der Waals surface area contributed by atoms with Gasteiger partial charge in [-0.1, -0.05) is 12.8 Å². The van der Waals surface area contributed by atoms with Gasteiger partial charge in [0.15, 0.2) is 11.6 Å². The summed E-state index contributed by atoms with van der Waals surface area (Å²) < 4.78 is 85.6. The Morgan fingerprint density at radius 1 is 1.00 bits per heavy atom. The van der Waals surface area contributed by atoms with Crippen LogP contribution in [0.1, 0.15) is 36.8 Å². The molecule has 0 spiro atoms. The van der Waals surface area contributed by atoms with Gasteiger partial charge in [-0.25, -0.2) is 8.78 Å². The van der Waals surface area contributed by atoms with Crippen LogP contribution in [-0.2, 0) is 21.7 Å². The maximum absolute atomic E-state index is 14.8. The number of rotatable bonds is 2. The predicted octanol–water partition coefficient (Wildman–Crippen LogP) is 5.57.